The normalized spacial score (nSPS) is 10.9. The summed E-state index contributed by atoms with van der Waals surface area (Å²) in [5.41, 5.74) is 5.61. The van der Waals surface area contributed by atoms with Gasteiger partial charge in [-0.2, -0.15) is 4.98 Å². The Kier molecular flexibility index (Phi) is 5.40. The molecular formula is C22H25N3O3. The fourth-order valence-electron chi connectivity index (χ4n) is 3.34. The molecule has 0 unspecified atom stereocenters. The molecule has 28 heavy (non-hydrogen) atoms. The van der Waals surface area contributed by atoms with Crippen molar-refractivity contribution in [2.24, 2.45) is 7.05 Å². The highest BCUT2D eigenvalue weighted by atomic mass is 16.3. The first-order chi connectivity index (χ1) is 13.2. The number of phenols is 2. The first-order valence-electron chi connectivity index (χ1n) is 9.17. The molecule has 1 heterocycles. The smallest absolute Gasteiger partial charge is 0.349 e. The number of aryl methyl sites for hydroxylation is 5. The predicted octanol–water partition coefficient (Wildman–Crippen LogP) is 3.65. The van der Waals surface area contributed by atoms with Crippen LogP contribution in [0.4, 0.5) is 11.5 Å². The van der Waals surface area contributed by atoms with E-state index in [9.17, 15) is 15.0 Å². The number of benzene rings is 2. The van der Waals surface area contributed by atoms with Crippen LogP contribution in [0.25, 0.3) is 0 Å². The van der Waals surface area contributed by atoms with Crippen molar-refractivity contribution >= 4 is 11.5 Å². The maximum Gasteiger partial charge on any atom is 0.349 e. The van der Waals surface area contributed by atoms with E-state index in [1.807, 2.05) is 19.9 Å². The molecule has 0 saturated carbocycles. The molecule has 3 rings (SSSR count). The molecule has 6 nitrogen and oxygen atoms in total. The SMILES string of the molecule is Cc1cc(C)c(Nc2cc(CCc3ccc(O)c(O)c3)nc(=O)n2C)c(C)c1. The molecule has 2 aromatic carbocycles. The maximum atomic E-state index is 12.3. The van der Waals surface area contributed by atoms with Crippen molar-refractivity contribution in [1.82, 2.24) is 9.55 Å². The summed E-state index contributed by atoms with van der Waals surface area (Å²) in [6.07, 6.45) is 1.14. The van der Waals surface area contributed by atoms with Crippen LogP contribution in [0, 0.1) is 20.8 Å². The van der Waals surface area contributed by atoms with Gasteiger partial charge in [-0.25, -0.2) is 4.79 Å². The Morgan fingerprint density at radius 2 is 1.64 bits per heavy atom. The average Bonchev–Trinajstić information content (AvgIpc) is 2.62. The van der Waals surface area contributed by atoms with E-state index in [0.29, 0.717) is 24.4 Å². The zero-order valence-corrected chi connectivity index (χ0v) is 16.6. The van der Waals surface area contributed by atoms with E-state index in [1.54, 1.807) is 13.1 Å². The fraction of sp³-hybridized carbons (Fsp3) is 0.273. The molecule has 0 radical (unpaired) electrons. The van der Waals surface area contributed by atoms with Crippen LogP contribution >= 0.6 is 0 Å². The lowest BCUT2D eigenvalue weighted by molar-refractivity contribution is 0.403. The van der Waals surface area contributed by atoms with Crippen molar-refractivity contribution in [2.45, 2.75) is 33.6 Å². The minimum absolute atomic E-state index is 0.147. The summed E-state index contributed by atoms with van der Waals surface area (Å²) < 4.78 is 1.49. The van der Waals surface area contributed by atoms with Crippen molar-refractivity contribution in [3.05, 3.63) is 74.8 Å². The van der Waals surface area contributed by atoms with Crippen LogP contribution < -0.4 is 11.0 Å². The molecule has 0 bridgehead atoms. The molecule has 3 aromatic rings. The molecule has 0 saturated heterocycles. The van der Waals surface area contributed by atoms with E-state index in [2.05, 4.69) is 29.4 Å². The Balaban J connectivity index is 1.86. The highest BCUT2D eigenvalue weighted by Gasteiger charge is 2.10. The van der Waals surface area contributed by atoms with E-state index in [1.165, 1.54) is 22.3 Å². The van der Waals surface area contributed by atoms with Gasteiger partial charge in [0.15, 0.2) is 11.5 Å². The van der Waals surface area contributed by atoms with Gasteiger partial charge in [-0.05, 0) is 62.4 Å². The van der Waals surface area contributed by atoms with Gasteiger partial charge < -0.3 is 15.5 Å². The van der Waals surface area contributed by atoms with Crippen LogP contribution in [0.2, 0.25) is 0 Å². The quantitative estimate of drug-likeness (QED) is 0.589. The third-order valence-corrected chi connectivity index (χ3v) is 4.83. The molecule has 146 valence electrons. The van der Waals surface area contributed by atoms with Crippen LogP contribution in [0.3, 0.4) is 0 Å². The topological polar surface area (TPSA) is 87.4 Å². The van der Waals surface area contributed by atoms with Gasteiger partial charge in [0.2, 0.25) is 0 Å². The summed E-state index contributed by atoms with van der Waals surface area (Å²) in [4.78, 5) is 16.5. The van der Waals surface area contributed by atoms with Gasteiger partial charge >= 0.3 is 5.69 Å². The summed E-state index contributed by atoms with van der Waals surface area (Å²) >= 11 is 0. The highest BCUT2D eigenvalue weighted by Crippen LogP contribution is 2.27. The number of nitrogens with zero attached hydrogens (tertiary/aromatic N) is 2. The summed E-state index contributed by atoms with van der Waals surface area (Å²) in [7, 11) is 1.69. The molecule has 1 aromatic heterocycles. The number of phenolic OH excluding ortho intramolecular Hbond substituents is 2. The molecule has 0 spiro atoms. The standard InChI is InChI=1S/C22H25N3O3/c1-13-9-14(2)21(15(3)10-13)24-20-12-17(23-22(28)25(20)4)7-5-16-6-8-18(26)19(27)11-16/h6,8-12,24,26-27H,5,7H2,1-4H3. The van der Waals surface area contributed by atoms with E-state index in [0.717, 1.165) is 22.4 Å². The number of aromatic nitrogens is 2. The lowest BCUT2D eigenvalue weighted by atomic mass is 10.0. The first-order valence-corrected chi connectivity index (χ1v) is 9.17. The van der Waals surface area contributed by atoms with Crippen LogP contribution in [0.1, 0.15) is 27.9 Å². The second kappa shape index (κ2) is 7.76. The minimum Gasteiger partial charge on any atom is -0.504 e. The van der Waals surface area contributed by atoms with Crippen molar-refractivity contribution in [2.75, 3.05) is 5.32 Å². The minimum atomic E-state index is -0.323. The number of anilines is 2. The number of rotatable bonds is 5. The maximum absolute atomic E-state index is 12.3. The highest BCUT2D eigenvalue weighted by molar-refractivity contribution is 5.65. The van der Waals surface area contributed by atoms with Crippen molar-refractivity contribution < 1.29 is 10.2 Å². The van der Waals surface area contributed by atoms with Crippen LogP contribution in [0.5, 0.6) is 11.5 Å². The van der Waals surface area contributed by atoms with Crippen molar-refractivity contribution in [1.29, 1.82) is 0 Å². The van der Waals surface area contributed by atoms with Crippen molar-refractivity contribution in [3.8, 4) is 11.5 Å². The summed E-state index contributed by atoms with van der Waals surface area (Å²) in [5, 5.41) is 22.4. The van der Waals surface area contributed by atoms with E-state index >= 15 is 0 Å². The molecule has 6 heteroatoms. The third-order valence-electron chi connectivity index (χ3n) is 4.83. The molecule has 0 amide bonds. The number of aromatic hydroxyl groups is 2. The Morgan fingerprint density at radius 3 is 2.29 bits per heavy atom. The molecule has 0 aliphatic rings. The zero-order chi connectivity index (χ0) is 20.4. The molecule has 0 aliphatic carbocycles. The molecule has 3 N–H and O–H groups in total. The van der Waals surface area contributed by atoms with Gasteiger partial charge in [0.1, 0.15) is 5.82 Å². The van der Waals surface area contributed by atoms with Crippen LogP contribution in [-0.2, 0) is 19.9 Å². The summed E-state index contributed by atoms with van der Waals surface area (Å²) in [6, 6.07) is 10.8. The van der Waals surface area contributed by atoms with Crippen LogP contribution in [-0.4, -0.2) is 19.8 Å². The average molecular weight is 379 g/mol. The molecule has 0 fully saturated rings. The summed E-state index contributed by atoms with van der Waals surface area (Å²) in [6.45, 7) is 6.14. The Bertz CT molecular complexity index is 1060. The number of nitrogens with one attached hydrogen (secondary N) is 1. The second-order valence-corrected chi connectivity index (χ2v) is 7.20. The third kappa shape index (κ3) is 4.17. The van der Waals surface area contributed by atoms with Crippen molar-refractivity contribution in [3.63, 3.8) is 0 Å². The van der Waals surface area contributed by atoms with E-state index < -0.39 is 0 Å². The summed E-state index contributed by atoms with van der Waals surface area (Å²) in [5.74, 6) is 0.381. The van der Waals surface area contributed by atoms with Gasteiger partial charge in [0.05, 0.1) is 5.69 Å². The fourth-order valence-corrected chi connectivity index (χ4v) is 3.34. The molecule has 0 atom stereocenters. The van der Waals surface area contributed by atoms with Gasteiger partial charge in [-0.3, -0.25) is 4.57 Å². The van der Waals surface area contributed by atoms with Gasteiger partial charge in [-0.1, -0.05) is 23.8 Å². The largest absolute Gasteiger partial charge is 0.504 e. The monoisotopic (exact) mass is 379 g/mol. The number of hydrogen-bond acceptors (Lipinski definition) is 5. The predicted molar refractivity (Wildman–Crippen MR) is 111 cm³/mol. The Hall–Kier alpha value is -3.28. The van der Waals surface area contributed by atoms with E-state index in [4.69, 9.17) is 0 Å². The lowest BCUT2D eigenvalue weighted by Crippen LogP contribution is -2.24. The second-order valence-electron chi connectivity index (χ2n) is 7.20. The Labute approximate surface area is 164 Å². The van der Waals surface area contributed by atoms with Gasteiger partial charge in [0, 0.05) is 18.8 Å². The van der Waals surface area contributed by atoms with Gasteiger partial charge in [0.25, 0.3) is 0 Å². The van der Waals surface area contributed by atoms with Gasteiger partial charge in [-0.15, -0.1) is 0 Å². The Morgan fingerprint density at radius 1 is 0.964 bits per heavy atom. The van der Waals surface area contributed by atoms with E-state index in [-0.39, 0.29) is 17.2 Å². The molecular weight excluding hydrogens is 354 g/mol. The lowest BCUT2D eigenvalue weighted by Gasteiger charge is -2.16. The van der Waals surface area contributed by atoms with Crippen LogP contribution in [0.15, 0.2) is 41.2 Å². The zero-order valence-electron chi connectivity index (χ0n) is 16.6. The molecule has 0 aliphatic heterocycles. The number of hydrogen-bond donors (Lipinski definition) is 3. The first kappa shape index (κ1) is 19.5.